The molecule has 5 N–H and O–H groups in total. The van der Waals surface area contributed by atoms with Crippen LogP contribution in [0.15, 0.2) is 36.5 Å². The number of alkyl carbamates (subject to hydrolysis) is 1. The van der Waals surface area contributed by atoms with Crippen LogP contribution in [0.4, 0.5) is 10.6 Å². The lowest BCUT2D eigenvalue weighted by atomic mass is 9.85. The molecule has 2 aliphatic carbocycles. The zero-order valence-corrected chi connectivity index (χ0v) is 38.1. The van der Waals surface area contributed by atoms with Crippen molar-refractivity contribution in [3.05, 3.63) is 36.5 Å². The van der Waals surface area contributed by atoms with Crippen LogP contribution in [-0.2, 0) is 19.1 Å². The number of hydrogen-bond donors (Lipinski definition) is 5. The number of aromatic nitrogens is 3. The van der Waals surface area contributed by atoms with Gasteiger partial charge in [-0.05, 0) is 68.4 Å². The maximum Gasteiger partial charge on any atom is 0.408 e. The molecule has 7 atom stereocenters. The van der Waals surface area contributed by atoms with Gasteiger partial charge in [0.05, 0.1) is 12.1 Å². The normalized spacial score (nSPS) is 26.7. The van der Waals surface area contributed by atoms with E-state index in [0.717, 1.165) is 45.6 Å². The van der Waals surface area contributed by atoms with E-state index in [0.29, 0.717) is 65.3 Å². The molecule has 5 unspecified atom stereocenters. The molecule has 63 heavy (non-hydrogen) atoms. The highest BCUT2D eigenvalue weighted by Crippen LogP contribution is 2.46. The van der Waals surface area contributed by atoms with Gasteiger partial charge in [0.15, 0.2) is 5.82 Å². The summed E-state index contributed by atoms with van der Waals surface area (Å²) in [5.41, 5.74) is -1.60. The predicted octanol–water partition coefficient (Wildman–Crippen LogP) is 4.82. The summed E-state index contributed by atoms with van der Waals surface area (Å²) in [6.45, 7) is 20.9. The van der Waals surface area contributed by atoms with Crippen molar-refractivity contribution >= 4 is 40.6 Å². The van der Waals surface area contributed by atoms with E-state index in [1.54, 1.807) is 10.7 Å². The maximum atomic E-state index is 14.8. The van der Waals surface area contributed by atoms with Crippen LogP contribution in [0.2, 0.25) is 0 Å². The molecule has 1 aromatic carbocycles. The minimum Gasteiger partial charge on any atom is -0.492 e. The molecular weight excluding hydrogens is 807 g/mol. The summed E-state index contributed by atoms with van der Waals surface area (Å²) in [6, 6.07) is 7.30. The van der Waals surface area contributed by atoms with Crippen LogP contribution in [0.3, 0.4) is 0 Å². The van der Waals surface area contributed by atoms with Gasteiger partial charge in [0.25, 0.3) is 0 Å². The number of anilines is 1. The Labute approximate surface area is 370 Å². The molecule has 4 fully saturated rings. The molecule has 3 aromatic rings. The molecule has 3 amide bonds. The average Bonchev–Trinajstić information content (AvgIpc) is 3.46. The highest BCUT2D eigenvalue weighted by Gasteiger charge is 2.61. The number of carboxylic acids is 1. The molecule has 0 radical (unpaired) electrons. The molecule has 4 aliphatic rings. The summed E-state index contributed by atoms with van der Waals surface area (Å²) in [4.78, 5) is 63.9. The van der Waals surface area contributed by atoms with Gasteiger partial charge < -0.3 is 45.5 Å². The molecule has 2 aromatic heterocycles. The largest absolute Gasteiger partial charge is 0.492 e. The number of amides is 3. The summed E-state index contributed by atoms with van der Waals surface area (Å²) >= 11 is 0. The molecule has 17 nitrogen and oxygen atoms in total. The van der Waals surface area contributed by atoms with E-state index in [9.17, 15) is 24.3 Å². The molecule has 2 saturated heterocycles. The quantitative estimate of drug-likeness (QED) is 0.131. The number of carboxylic acid groups (broad SMARTS) is 1. The number of carbonyl (C=O) groups excluding carboxylic acids is 3. The van der Waals surface area contributed by atoms with Gasteiger partial charge in [0.2, 0.25) is 11.8 Å². The second kappa shape index (κ2) is 18.9. The topological polar surface area (TPSA) is 202 Å². The number of pyridine rings is 1. The van der Waals surface area contributed by atoms with Crippen molar-refractivity contribution in [2.75, 3.05) is 51.2 Å². The van der Waals surface area contributed by atoms with E-state index in [-0.39, 0.29) is 31.0 Å². The second-order valence-electron chi connectivity index (χ2n) is 19.5. The zero-order chi connectivity index (χ0) is 45.2. The molecule has 4 heterocycles. The number of ether oxygens (including phenoxy) is 3. The van der Waals surface area contributed by atoms with E-state index in [2.05, 4.69) is 40.0 Å². The third-order valence-corrected chi connectivity index (χ3v) is 13.2. The first-order valence-corrected chi connectivity index (χ1v) is 22.8. The Bertz CT molecular complexity index is 2120. The fraction of sp³-hybridized carbons (Fsp3) is 0.652. The van der Waals surface area contributed by atoms with Gasteiger partial charge in [-0.15, -0.1) is 5.10 Å². The van der Waals surface area contributed by atoms with Gasteiger partial charge in [-0.3, -0.25) is 14.5 Å². The van der Waals surface area contributed by atoms with Crippen molar-refractivity contribution in [1.82, 2.24) is 40.5 Å². The van der Waals surface area contributed by atoms with Crippen LogP contribution in [0.1, 0.15) is 87.5 Å². The van der Waals surface area contributed by atoms with Gasteiger partial charge in [0.1, 0.15) is 53.8 Å². The van der Waals surface area contributed by atoms with E-state index in [4.69, 9.17) is 24.3 Å². The number of aliphatic carboxylic acids is 1. The van der Waals surface area contributed by atoms with E-state index < -0.39 is 53.0 Å². The molecule has 7 rings (SSSR count). The van der Waals surface area contributed by atoms with Crippen LogP contribution in [-0.4, -0.2) is 135 Å². The van der Waals surface area contributed by atoms with E-state index >= 15 is 0 Å². The summed E-state index contributed by atoms with van der Waals surface area (Å²) < 4.78 is 20.5. The maximum absolute atomic E-state index is 14.8. The number of nitrogens with zero attached hydrogens (tertiary/aromatic N) is 5. The van der Waals surface area contributed by atoms with Crippen molar-refractivity contribution in [2.24, 2.45) is 23.2 Å². The minimum atomic E-state index is -1.41. The monoisotopic (exact) mass is 874 g/mol. The van der Waals surface area contributed by atoms with Crippen molar-refractivity contribution in [3.8, 4) is 17.3 Å². The highest BCUT2D eigenvalue weighted by atomic mass is 16.6. The summed E-state index contributed by atoms with van der Waals surface area (Å²) in [6.07, 6.45) is 2.59. The number of carbonyl (C=O) groups is 4. The second-order valence-corrected chi connectivity index (χ2v) is 19.5. The van der Waals surface area contributed by atoms with Gasteiger partial charge >= 0.3 is 12.1 Å². The molecule has 2 saturated carbocycles. The first kappa shape index (κ1) is 45.9. The Hall–Kier alpha value is -5.16. The van der Waals surface area contributed by atoms with Crippen molar-refractivity contribution in [3.63, 3.8) is 0 Å². The first-order chi connectivity index (χ1) is 29.9. The molecule has 17 heteroatoms. The van der Waals surface area contributed by atoms with E-state index in [1.165, 1.54) is 4.90 Å². The summed E-state index contributed by atoms with van der Waals surface area (Å²) in [5, 5.41) is 28.0. The van der Waals surface area contributed by atoms with Gasteiger partial charge in [-0.2, -0.15) is 0 Å². The fourth-order valence-electron chi connectivity index (χ4n) is 9.27. The number of piperazine rings is 1. The van der Waals surface area contributed by atoms with Crippen molar-refractivity contribution in [1.29, 1.82) is 0 Å². The van der Waals surface area contributed by atoms with Crippen LogP contribution >= 0.6 is 0 Å². The first-order valence-electron chi connectivity index (χ1n) is 22.8. The van der Waals surface area contributed by atoms with Crippen molar-refractivity contribution < 1.29 is 38.5 Å². The van der Waals surface area contributed by atoms with Gasteiger partial charge in [-0.1, -0.05) is 48.0 Å². The SMILES string of the molecule is CCC1C[C@]1(NC(=O)C1C[C@@H](Oc2cc(-n3ccc(NC(C)C)n3)nc3cc(OCCN4CCNCC4)ccc23)CN1C(=O)C(NC(=O)OC1CC(C)C(C)C1)C(C)(C)C)C(=O)O. The van der Waals surface area contributed by atoms with Gasteiger partial charge in [-0.25, -0.2) is 19.3 Å². The summed E-state index contributed by atoms with van der Waals surface area (Å²) in [5.74, 6) is 0.683. The predicted molar refractivity (Wildman–Crippen MR) is 238 cm³/mol. The lowest BCUT2D eigenvalue weighted by Crippen LogP contribution is -2.59. The highest BCUT2D eigenvalue weighted by molar-refractivity contribution is 5.96. The third kappa shape index (κ3) is 10.6. The minimum absolute atomic E-state index is 0.00818. The smallest absolute Gasteiger partial charge is 0.408 e. The van der Waals surface area contributed by atoms with Crippen LogP contribution in [0.5, 0.6) is 11.5 Å². The third-order valence-electron chi connectivity index (χ3n) is 13.2. The van der Waals surface area contributed by atoms with Crippen LogP contribution < -0.4 is 30.7 Å². The van der Waals surface area contributed by atoms with Crippen LogP contribution in [0, 0.1) is 23.2 Å². The molecule has 0 spiro atoms. The number of nitrogens with one attached hydrogen (secondary N) is 4. The standard InChI is InChI=1S/C46H67N9O8/c1-9-30-25-46(30,43(58)59)51-41(56)36-23-33(26-54(36)42(57)40(45(6,7)8)50-44(60)63-32-20-28(4)29(5)21-32)62-37-24-39(55-15-12-38(52-55)48-27(2)3)49-35-22-31(10-11-34(35)37)61-19-18-53-16-13-47-14-17-53/h10-12,15,22,24,27-30,32-33,36,40,47H,9,13-14,16-21,23,25-26H2,1-8H3,(H,48,52)(H,50,60)(H,51,56)(H,58,59)/t28?,29?,30?,32?,33-,36?,40?,46-/m1/s1. The lowest BCUT2D eigenvalue weighted by molar-refractivity contribution is -0.146. The van der Waals surface area contributed by atoms with E-state index in [1.807, 2.05) is 72.0 Å². The molecule has 0 bridgehead atoms. The number of fused-ring (bicyclic) bond motifs is 1. The Morgan fingerprint density at radius 1 is 1.02 bits per heavy atom. The molecule has 2 aliphatic heterocycles. The average molecular weight is 874 g/mol. The lowest BCUT2D eigenvalue weighted by Gasteiger charge is -2.35. The zero-order valence-electron chi connectivity index (χ0n) is 38.1. The number of rotatable bonds is 16. The fourth-order valence-corrected chi connectivity index (χ4v) is 9.27. The van der Waals surface area contributed by atoms with Gasteiger partial charge in [0, 0.05) is 75.0 Å². The number of benzene rings is 1. The number of likely N-dealkylation sites (tertiary alicyclic amines) is 1. The molecule has 344 valence electrons. The Morgan fingerprint density at radius 2 is 1.75 bits per heavy atom. The Kier molecular flexibility index (Phi) is 13.8. The summed E-state index contributed by atoms with van der Waals surface area (Å²) in [7, 11) is 0. The Morgan fingerprint density at radius 3 is 2.40 bits per heavy atom. The molecular formula is C46H67N9O8. The number of hydrogen-bond acceptors (Lipinski definition) is 12. The van der Waals surface area contributed by atoms with Crippen LogP contribution in [0.25, 0.3) is 16.7 Å². The van der Waals surface area contributed by atoms with Crippen molar-refractivity contribution in [2.45, 2.75) is 123 Å². The Balaban J connectivity index is 1.18.